The Hall–Kier alpha value is -1.83. The van der Waals surface area contributed by atoms with E-state index in [0.29, 0.717) is 24.5 Å². The molecule has 2 atom stereocenters. The minimum absolute atomic E-state index is 0.0365. The molecule has 0 bridgehead atoms. The first-order valence-corrected chi connectivity index (χ1v) is 8.31. The average molecular weight is 335 g/mol. The molecule has 122 valence electrons. The largest absolute Gasteiger partial charge is 0.364 e. The highest BCUT2D eigenvalue weighted by molar-refractivity contribution is 7.15. The quantitative estimate of drug-likeness (QED) is 0.879. The van der Waals surface area contributed by atoms with Crippen LogP contribution in [0.2, 0.25) is 0 Å². The second-order valence-electron chi connectivity index (χ2n) is 5.49. The van der Waals surface area contributed by atoms with E-state index in [-0.39, 0.29) is 17.8 Å². The van der Waals surface area contributed by atoms with Gasteiger partial charge in [0, 0.05) is 24.0 Å². The zero-order valence-electron chi connectivity index (χ0n) is 12.5. The standard InChI is InChI=1S/C16H18FN3O2S/c17-11-3-1-2-10(6-11)7-13-9-19-16(23-13)20-15(21)14-5-4-12(8-18)22-14/h1-3,6,9,12,14H,4-5,7-8,18H2,(H,19,20,21)/t12-,14+/m1/s1. The van der Waals surface area contributed by atoms with Crippen molar-refractivity contribution in [2.75, 3.05) is 11.9 Å². The maximum Gasteiger partial charge on any atom is 0.255 e. The molecule has 23 heavy (non-hydrogen) atoms. The number of ether oxygens (including phenoxy) is 1. The zero-order chi connectivity index (χ0) is 16.2. The number of rotatable bonds is 5. The highest BCUT2D eigenvalue weighted by Crippen LogP contribution is 2.24. The van der Waals surface area contributed by atoms with Gasteiger partial charge in [0.15, 0.2) is 5.13 Å². The molecule has 1 aromatic carbocycles. The molecule has 7 heteroatoms. The fourth-order valence-electron chi connectivity index (χ4n) is 2.55. The first-order valence-electron chi connectivity index (χ1n) is 7.49. The summed E-state index contributed by atoms with van der Waals surface area (Å²) >= 11 is 1.38. The van der Waals surface area contributed by atoms with Gasteiger partial charge in [-0.25, -0.2) is 9.37 Å². The van der Waals surface area contributed by atoms with Crippen LogP contribution in [0.5, 0.6) is 0 Å². The molecule has 0 saturated carbocycles. The van der Waals surface area contributed by atoms with Gasteiger partial charge in [-0.1, -0.05) is 12.1 Å². The summed E-state index contributed by atoms with van der Waals surface area (Å²) in [7, 11) is 0. The van der Waals surface area contributed by atoms with Gasteiger partial charge in [-0.05, 0) is 30.5 Å². The molecule has 1 fully saturated rings. The van der Waals surface area contributed by atoms with E-state index in [1.807, 2.05) is 6.07 Å². The summed E-state index contributed by atoms with van der Waals surface area (Å²) in [5, 5.41) is 3.30. The van der Waals surface area contributed by atoms with Crippen LogP contribution in [0.25, 0.3) is 0 Å². The van der Waals surface area contributed by atoms with E-state index in [1.165, 1.54) is 23.5 Å². The highest BCUT2D eigenvalue weighted by Gasteiger charge is 2.30. The van der Waals surface area contributed by atoms with E-state index in [9.17, 15) is 9.18 Å². The number of benzene rings is 1. The first-order chi connectivity index (χ1) is 11.1. The fraction of sp³-hybridized carbons (Fsp3) is 0.375. The third kappa shape index (κ3) is 4.13. The van der Waals surface area contributed by atoms with Crippen molar-refractivity contribution in [2.45, 2.75) is 31.5 Å². The number of nitrogens with two attached hydrogens (primary N) is 1. The van der Waals surface area contributed by atoms with Crippen LogP contribution in [0.4, 0.5) is 9.52 Å². The van der Waals surface area contributed by atoms with Crippen LogP contribution in [0.15, 0.2) is 30.5 Å². The molecule has 2 aromatic rings. The highest BCUT2D eigenvalue weighted by atomic mass is 32.1. The lowest BCUT2D eigenvalue weighted by Crippen LogP contribution is -2.29. The van der Waals surface area contributed by atoms with Crippen molar-refractivity contribution in [3.05, 3.63) is 46.7 Å². The van der Waals surface area contributed by atoms with E-state index in [4.69, 9.17) is 10.5 Å². The van der Waals surface area contributed by atoms with Crippen molar-refractivity contribution >= 4 is 22.4 Å². The first kappa shape index (κ1) is 16.0. The van der Waals surface area contributed by atoms with Crippen molar-refractivity contribution in [3.63, 3.8) is 0 Å². The van der Waals surface area contributed by atoms with Gasteiger partial charge in [-0.3, -0.25) is 10.1 Å². The summed E-state index contributed by atoms with van der Waals surface area (Å²) in [5.41, 5.74) is 6.41. The van der Waals surface area contributed by atoms with Crippen LogP contribution in [0.3, 0.4) is 0 Å². The van der Waals surface area contributed by atoms with Gasteiger partial charge in [0.1, 0.15) is 11.9 Å². The Morgan fingerprint density at radius 1 is 1.48 bits per heavy atom. The molecular formula is C16H18FN3O2S. The van der Waals surface area contributed by atoms with Crippen LogP contribution < -0.4 is 11.1 Å². The number of halogens is 1. The summed E-state index contributed by atoms with van der Waals surface area (Å²) < 4.78 is 18.7. The molecule has 1 aliphatic heterocycles. The van der Waals surface area contributed by atoms with Crippen molar-refractivity contribution in [1.29, 1.82) is 0 Å². The molecule has 0 spiro atoms. The van der Waals surface area contributed by atoms with E-state index >= 15 is 0 Å². The molecule has 1 aromatic heterocycles. The number of aromatic nitrogens is 1. The Kier molecular flexibility index (Phi) is 5.00. The average Bonchev–Trinajstić information content (AvgIpc) is 3.16. The van der Waals surface area contributed by atoms with Gasteiger partial charge in [0.25, 0.3) is 5.91 Å². The van der Waals surface area contributed by atoms with Crippen LogP contribution in [0.1, 0.15) is 23.3 Å². The fourth-order valence-corrected chi connectivity index (χ4v) is 3.40. The summed E-state index contributed by atoms with van der Waals surface area (Å²) in [6.07, 6.45) is 3.26. The lowest BCUT2D eigenvalue weighted by atomic mass is 10.1. The molecule has 3 N–H and O–H groups in total. The van der Waals surface area contributed by atoms with Crippen molar-refractivity contribution in [3.8, 4) is 0 Å². The van der Waals surface area contributed by atoms with Crippen LogP contribution >= 0.6 is 11.3 Å². The Labute approximate surface area is 137 Å². The Bertz CT molecular complexity index is 691. The normalized spacial score (nSPS) is 20.6. The maximum absolute atomic E-state index is 13.2. The molecule has 0 aliphatic carbocycles. The van der Waals surface area contributed by atoms with Crippen molar-refractivity contribution in [2.24, 2.45) is 5.73 Å². The van der Waals surface area contributed by atoms with Crippen molar-refractivity contribution in [1.82, 2.24) is 4.98 Å². The second kappa shape index (κ2) is 7.16. The number of carbonyl (C=O) groups is 1. The third-order valence-corrected chi connectivity index (χ3v) is 4.63. The number of carbonyl (C=O) groups excluding carboxylic acids is 1. The third-order valence-electron chi connectivity index (χ3n) is 3.71. The maximum atomic E-state index is 13.2. The van der Waals surface area contributed by atoms with Gasteiger partial charge in [0.05, 0.1) is 6.10 Å². The Morgan fingerprint density at radius 2 is 2.35 bits per heavy atom. The molecule has 5 nitrogen and oxygen atoms in total. The van der Waals surface area contributed by atoms with E-state index in [1.54, 1.807) is 12.3 Å². The molecular weight excluding hydrogens is 317 g/mol. The van der Waals surface area contributed by atoms with E-state index in [0.717, 1.165) is 16.9 Å². The van der Waals surface area contributed by atoms with Gasteiger partial charge in [0.2, 0.25) is 0 Å². The zero-order valence-corrected chi connectivity index (χ0v) is 13.3. The molecule has 1 aliphatic rings. The number of hydrogen-bond donors (Lipinski definition) is 2. The van der Waals surface area contributed by atoms with Crippen LogP contribution in [0, 0.1) is 5.82 Å². The Morgan fingerprint density at radius 3 is 3.09 bits per heavy atom. The van der Waals surface area contributed by atoms with Crippen LogP contribution in [-0.4, -0.2) is 29.6 Å². The van der Waals surface area contributed by atoms with Gasteiger partial charge in [-0.15, -0.1) is 11.3 Å². The van der Waals surface area contributed by atoms with E-state index < -0.39 is 6.10 Å². The molecule has 0 radical (unpaired) electrons. The number of amides is 1. The van der Waals surface area contributed by atoms with E-state index in [2.05, 4.69) is 10.3 Å². The SMILES string of the molecule is NC[C@H]1CC[C@@H](C(=O)Nc2ncc(Cc3cccc(F)c3)s2)O1. The van der Waals surface area contributed by atoms with Crippen LogP contribution in [-0.2, 0) is 16.0 Å². The molecule has 2 heterocycles. The lowest BCUT2D eigenvalue weighted by Gasteiger charge is -2.11. The lowest BCUT2D eigenvalue weighted by molar-refractivity contribution is -0.126. The van der Waals surface area contributed by atoms with Gasteiger partial charge in [-0.2, -0.15) is 0 Å². The summed E-state index contributed by atoms with van der Waals surface area (Å²) in [5.74, 6) is -0.444. The number of anilines is 1. The summed E-state index contributed by atoms with van der Waals surface area (Å²) in [4.78, 5) is 17.3. The minimum atomic E-state index is -0.459. The molecule has 3 rings (SSSR count). The molecule has 1 saturated heterocycles. The number of thiazole rings is 1. The number of nitrogens with zero attached hydrogens (tertiary/aromatic N) is 1. The molecule has 1 amide bonds. The van der Waals surface area contributed by atoms with Gasteiger partial charge >= 0.3 is 0 Å². The summed E-state index contributed by atoms with van der Waals surface area (Å²) in [6, 6.07) is 6.45. The Balaban J connectivity index is 1.58. The van der Waals surface area contributed by atoms with Crippen molar-refractivity contribution < 1.29 is 13.9 Å². The second-order valence-corrected chi connectivity index (χ2v) is 6.60. The monoisotopic (exact) mass is 335 g/mol. The summed E-state index contributed by atoms with van der Waals surface area (Å²) in [6.45, 7) is 0.429. The van der Waals surface area contributed by atoms with Gasteiger partial charge < -0.3 is 10.5 Å². The predicted molar refractivity (Wildman–Crippen MR) is 86.9 cm³/mol. The number of nitrogens with one attached hydrogen (secondary N) is 1. The predicted octanol–water partition coefficient (Wildman–Crippen LogP) is 2.32. The smallest absolute Gasteiger partial charge is 0.255 e. The number of hydrogen-bond acceptors (Lipinski definition) is 5. The topological polar surface area (TPSA) is 77.2 Å². The minimum Gasteiger partial charge on any atom is -0.364 e. The molecule has 0 unspecified atom stereocenters.